The number of rotatable bonds is 3. The van der Waals surface area contributed by atoms with Crippen molar-refractivity contribution in [1.29, 1.82) is 0 Å². The van der Waals surface area contributed by atoms with Crippen molar-refractivity contribution in [3.8, 4) is 0 Å². The lowest BCUT2D eigenvalue weighted by molar-refractivity contribution is -0.148. The summed E-state index contributed by atoms with van der Waals surface area (Å²) in [7, 11) is 0. The molecule has 150 valence electrons. The molecular weight excluding hydrogens is 352 g/mol. The smallest absolute Gasteiger partial charge is 0.303 e. The van der Waals surface area contributed by atoms with E-state index >= 15 is 0 Å². The molecule has 2 fully saturated rings. The molecule has 0 heterocycles. The summed E-state index contributed by atoms with van der Waals surface area (Å²) in [6.07, 6.45) is 10.3. The van der Waals surface area contributed by atoms with Crippen molar-refractivity contribution in [1.82, 2.24) is 0 Å². The summed E-state index contributed by atoms with van der Waals surface area (Å²) in [5.41, 5.74) is 1.58. The maximum atomic E-state index is 13.1. The van der Waals surface area contributed by atoms with E-state index in [1.807, 2.05) is 13.0 Å². The van der Waals surface area contributed by atoms with Gasteiger partial charge in [-0.05, 0) is 67.9 Å². The monoisotopic (exact) mass is 385 g/mol. The van der Waals surface area contributed by atoms with Gasteiger partial charge < -0.3 is 4.74 Å². The van der Waals surface area contributed by atoms with Crippen molar-refractivity contribution in [3.05, 3.63) is 35.5 Å². The number of ketones is 2. The molecule has 4 heteroatoms. The highest BCUT2D eigenvalue weighted by atomic mass is 16.5. The Morgan fingerprint density at radius 2 is 2.14 bits per heavy atom. The van der Waals surface area contributed by atoms with Gasteiger partial charge in [-0.3, -0.25) is 14.4 Å². The second-order valence-electron chi connectivity index (χ2n) is 9.30. The van der Waals surface area contributed by atoms with Gasteiger partial charge in [0.05, 0.1) is 0 Å². The van der Waals surface area contributed by atoms with Crippen LogP contribution in [0.1, 0.15) is 57.4 Å². The summed E-state index contributed by atoms with van der Waals surface area (Å²) in [4.78, 5) is 36.3. The molecular formula is C24H30O4. The van der Waals surface area contributed by atoms with E-state index in [0.717, 1.165) is 18.4 Å². The minimum atomic E-state index is -2.25. The molecule has 4 nitrogen and oxygen atoms in total. The van der Waals surface area contributed by atoms with Gasteiger partial charge in [0.1, 0.15) is 6.61 Å². The number of fused-ring (bicyclic) bond motifs is 5. The van der Waals surface area contributed by atoms with Crippen molar-refractivity contribution >= 4 is 17.5 Å². The molecule has 0 aliphatic heterocycles. The number of ether oxygens (including phenoxy) is 1. The lowest BCUT2D eigenvalue weighted by Crippen LogP contribution is -2.45. The third-order valence-electron chi connectivity index (χ3n) is 7.77. The van der Waals surface area contributed by atoms with Gasteiger partial charge in [0.25, 0.3) is 0 Å². The van der Waals surface area contributed by atoms with Crippen LogP contribution in [0.25, 0.3) is 0 Å². The van der Waals surface area contributed by atoms with Gasteiger partial charge in [-0.15, -0.1) is 0 Å². The fourth-order valence-corrected chi connectivity index (χ4v) is 6.43. The number of allylic oxidation sites excluding steroid dienone is 6. The second-order valence-corrected chi connectivity index (χ2v) is 9.30. The highest BCUT2D eigenvalue weighted by Gasteiger charge is 2.59. The first-order valence-electron chi connectivity index (χ1n) is 11.7. The van der Waals surface area contributed by atoms with Crippen LogP contribution in [-0.4, -0.2) is 24.1 Å². The molecule has 0 N–H and O–H groups in total. The number of carbonyl (C=O) groups excluding carboxylic acids is 3. The Labute approximate surface area is 171 Å². The molecule has 0 spiro atoms. The van der Waals surface area contributed by atoms with Gasteiger partial charge >= 0.3 is 5.97 Å². The van der Waals surface area contributed by atoms with Crippen LogP contribution in [0.4, 0.5) is 0 Å². The maximum Gasteiger partial charge on any atom is 0.303 e. The van der Waals surface area contributed by atoms with Crippen molar-refractivity contribution in [3.63, 3.8) is 0 Å². The number of hydrogen-bond donors (Lipinski definition) is 0. The first-order valence-corrected chi connectivity index (χ1v) is 10.2. The number of hydrogen-bond acceptors (Lipinski definition) is 4. The standard InChI is InChI=1S/C24H30O4/c1-14-11-20-18-6-5-16-12-17(26)7-9-23(16,3)19(18)8-10-24(20,4)22(14)21(27)13-28-15(2)25/h7-9,12,14,18,20,22H,5-6,10-11,13H2,1-4H3/t14-,18-,20+,22-,23+,24+/m1/s1/i1D3. The Bertz CT molecular complexity index is 928. The van der Waals surface area contributed by atoms with Crippen molar-refractivity contribution in [2.75, 3.05) is 6.61 Å². The van der Waals surface area contributed by atoms with Crippen LogP contribution in [0.15, 0.2) is 35.5 Å². The second kappa shape index (κ2) is 6.53. The first kappa shape index (κ1) is 15.9. The summed E-state index contributed by atoms with van der Waals surface area (Å²) in [5.74, 6) is -1.98. The lowest BCUT2D eigenvalue weighted by Gasteiger charge is -2.52. The summed E-state index contributed by atoms with van der Waals surface area (Å²) >= 11 is 0. The van der Waals surface area contributed by atoms with Gasteiger partial charge in [0, 0.05) is 22.4 Å². The molecule has 2 saturated carbocycles. The van der Waals surface area contributed by atoms with E-state index in [-0.39, 0.29) is 35.4 Å². The predicted molar refractivity (Wildman–Crippen MR) is 106 cm³/mol. The molecule has 28 heavy (non-hydrogen) atoms. The number of esters is 1. The fraction of sp³-hybridized carbons (Fsp3) is 0.625. The van der Waals surface area contributed by atoms with Crippen molar-refractivity contribution in [2.45, 2.75) is 53.3 Å². The molecule has 0 aromatic rings. The largest absolute Gasteiger partial charge is 0.458 e. The van der Waals surface area contributed by atoms with Crippen LogP contribution in [0.5, 0.6) is 0 Å². The Morgan fingerprint density at radius 3 is 2.86 bits per heavy atom. The minimum Gasteiger partial charge on any atom is -0.458 e. The zero-order chi connectivity index (χ0) is 22.8. The Balaban J connectivity index is 1.72. The van der Waals surface area contributed by atoms with Gasteiger partial charge in [-0.2, -0.15) is 0 Å². The third kappa shape index (κ3) is 2.75. The van der Waals surface area contributed by atoms with Crippen LogP contribution in [0.3, 0.4) is 0 Å². The fourth-order valence-electron chi connectivity index (χ4n) is 6.43. The van der Waals surface area contributed by atoms with Gasteiger partial charge in [0.15, 0.2) is 11.6 Å². The number of carbonyl (C=O) groups is 3. The summed E-state index contributed by atoms with van der Waals surface area (Å²) < 4.78 is 29.4. The molecule has 0 aromatic heterocycles. The van der Waals surface area contributed by atoms with E-state index in [9.17, 15) is 14.4 Å². The van der Waals surface area contributed by atoms with Crippen molar-refractivity contribution < 1.29 is 23.2 Å². The van der Waals surface area contributed by atoms with Gasteiger partial charge in [0.2, 0.25) is 0 Å². The molecule has 0 unspecified atom stereocenters. The van der Waals surface area contributed by atoms with E-state index in [1.165, 1.54) is 12.5 Å². The number of Topliss-reactive ketones (excluding diaryl/α,β-unsaturated/α-hetero) is 1. The predicted octanol–water partition coefficient (Wildman–Crippen LogP) is 4.21. The average Bonchev–Trinajstić information content (AvgIpc) is 3.00. The Hall–Kier alpha value is -1.97. The maximum absolute atomic E-state index is 13.1. The lowest BCUT2D eigenvalue weighted by atomic mass is 9.52. The Kier molecular flexibility index (Phi) is 3.71. The van der Waals surface area contributed by atoms with Crippen molar-refractivity contribution in [2.24, 2.45) is 34.5 Å². The van der Waals surface area contributed by atoms with Crippen LogP contribution < -0.4 is 0 Å². The summed E-state index contributed by atoms with van der Waals surface area (Å²) in [6.45, 7) is 2.81. The zero-order valence-corrected chi connectivity index (χ0v) is 16.8. The third-order valence-corrected chi connectivity index (χ3v) is 7.77. The molecule has 4 aliphatic carbocycles. The SMILES string of the molecule is [2H]C([2H])([2H])[C@@H]1C[C@H]2[C@@H]3CCC4=CC(=O)C=C[C@]4(C)C3=CC[C@]2(C)[C@H]1C(=O)COC(C)=O. The zero-order valence-electron chi connectivity index (χ0n) is 19.8. The molecule has 4 rings (SSSR count). The van der Waals surface area contributed by atoms with Gasteiger partial charge in [-0.1, -0.05) is 37.1 Å². The van der Waals surface area contributed by atoms with E-state index in [1.54, 1.807) is 12.2 Å². The molecule has 0 saturated heterocycles. The molecule has 0 amide bonds. The molecule has 0 radical (unpaired) electrons. The highest BCUT2D eigenvalue weighted by molar-refractivity contribution is 6.01. The van der Waals surface area contributed by atoms with E-state index in [2.05, 4.69) is 13.0 Å². The van der Waals surface area contributed by atoms with Crippen LogP contribution in [-0.2, 0) is 19.1 Å². The average molecular weight is 386 g/mol. The summed E-state index contributed by atoms with van der Waals surface area (Å²) in [6, 6.07) is 0. The van der Waals surface area contributed by atoms with Crippen LogP contribution >= 0.6 is 0 Å². The molecule has 4 aliphatic rings. The molecule has 0 aromatic carbocycles. The highest BCUT2D eigenvalue weighted by Crippen LogP contribution is 2.65. The van der Waals surface area contributed by atoms with Crippen LogP contribution in [0, 0.1) is 34.5 Å². The molecule has 6 atom stereocenters. The first-order chi connectivity index (χ1) is 14.4. The van der Waals surface area contributed by atoms with Crippen LogP contribution in [0.2, 0.25) is 0 Å². The van der Waals surface area contributed by atoms with E-state index in [0.29, 0.717) is 12.8 Å². The van der Waals surface area contributed by atoms with E-state index in [4.69, 9.17) is 8.85 Å². The van der Waals surface area contributed by atoms with Gasteiger partial charge in [-0.25, -0.2) is 0 Å². The Morgan fingerprint density at radius 1 is 1.36 bits per heavy atom. The van der Waals surface area contributed by atoms with E-state index < -0.39 is 30.1 Å². The topological polar surface area (TPSA) is 60.4 Å². The molecule has 0 bridgehead atoms. The quantitative estimate of drug-likeness (QED) is 0.539. The minimum absolute atomic E-state index is 0.0200. The normalized spacial score (nSPS) is 43.4. The summed E-state index contributed by atoms with van der Waals surface area (Å²) in [5, 5.41) is 0.